The largest absolute Gasteiger partial charge is 0.423 e. The highest BCUT2D eigenvalue weighted by molar-refractivity contribution is 5.92. The van der Waals surface area contributed by atoms with Gasteiger partial charge in [0.15, 0.2) is 0 Å². The summed E-state index contributed by atoms with van der Waals surface area (Å²) in [6.07, 6.45) is 6.45. The van der Waals surface area contributed by atoms with Crippen LogP contribution in [0, 0.1) is 0 Å². The highest BCUT2D eigenvalue weighted by Gasteiger charge is 2.12. The zero-order valence-electron chi connectivity index (χ0n) is 13.9. The highest BCUT2D eigenvalue weighted by Crippen LogP contribution is 2.23. The van der Waals surface area contributed by atoms with Crippen LogP contribution in [0.4, 0.5) is 5.69 Å². The number of fused-ring (bicyclic) bond motifs is 1. The van der Waals surface area contributed by atoms with Gasteiger partial charge in [0.2, 0.25) is 18.2 Å². The van der Waals surface area contributed by atoms with E-state index in [1.165, 1.54) is 30.4 Å². The normalized spacial score (nSPS) is 13.3. The van der Waals surface area contributed by atoms with E-state index < -0.39 is 0 Å². The maximum atomic E-state index is 12.4. The molecule has 1 aliphatic carbocycles. The van der Waals surface area contributed by atoms with E-state index in [1.54, 1.807) is 0 Å². The van der Waals surface area contributed by atoms with E-state index in [2.05, 4.69) is 33.7 Å². The molecule has 0 unspecified atom stereocenters. The molecule has 0 radical (unpaired) electrons. The second-order valence-electron chi connectivity index (χ2n) is 6.36. The summed E-state index contributed by atoms with van der Waals surface area (Å²) in [5.74, 6) is 0.407. The average molecular weight is 333 g/mol. The second kappa shape index (κ2) is 6.89. The molecule has 0 atom stereocenters. The van der Waals surface area contributed by atoms with E-state index >= 15 is 0 Å². The van der Waals surface area contributed by atoms with Crippen molar-refractivity contribution in [2.24, 2.45) is 0 Å². The number of anilines is 1. The van der Waals surface area contributed by atoms with Crippen LogP contribution in [0.3, 0.4) is 0 Å². The molecule has 3 aromatic rings. The lowest BCUT2D eigenvalue weighted by Crippen LogP contribution is -2.15. The molecule has 4 rings (SSSR count). The predicted molar refractivity (Wildman–Crippen MR) is 95.2 cm³/mol. The number of nitrogens with one attached hydrogen (secondary N) is 1. The molecule has 0 fully saturated rings. The summed E-state index contributed by atoms with van der Waals surface area (Å²) >= 11 is 0. The summed E-state index contributed by atoms with van der Waals surface area (Å²) < 4.78 is 5.19. The topological polar surface area (TPSA) is 68.0 Å². The first-order valence-corrected chi connectivity index (χ1v) is 8.55. The number of nitrogens with zero attached hydrogens (tertiary/aromatic N) is 2. The first kappa shape index (κ1) is 15.6. The van der Waals surface area contributed by atoms with Crippen LogP contribution in [-0.4, -0.2) is 16.1 Å². The number of amides is 1. The van der Waals surface area contributed by atoms with Crippen molar-refractivity contribution >= 4 is 11.6 Å². The first-order valence-electron chi connectivity index (χ1n) is 8.55. The maximum absolute atomic E-state index is 12.4. The van der Waals surface area contributed by atoms with E-state index in [4.69, 9.17) is 4.42 Å². The molecule has 0 spiro atoms. The Kier molecular flexibility index (Phi) is 4.29. The van der Waals surface area contributed by atoms with Gasteiger partial charge < -0.3 is 9.73 Å². The van der Waals surface area contributed by atoms with Gasteiger partial charge in [0, 0.05) is 11.3 Å². The fraction of sp³-hybridized carbons (Fsp3) is 0.250. The maximum Gasteiger partial charge on any atom is 0.247 e. The Balaban J connectivity index is 1.45. The molecule has 5 heteroatoms. The van der Waals surface area contributed by atoms with Crippen molar-refractivity contribution in [2.75, 3.05) is 5.32 Å². The zero-order valence-corrected chi connectivity index (χ0v) is 13.9. The van der Waals surface area contributed by atoms with E-state index in [0.29, 0.717) is 12.3 Å². The lowest BCUT2D eigenvalue weighted by molar-refractivity contribution is -0.115. The molecule has 1 aliphatic rings. The van der Waals surface area contributed by atoms with Crippen molar-refractivity contribution in [3.63, 3.8) is 0 Å². The molecule has 5 nitrogen and oxygen atoms in total. The van der Waals surface area contributed by atoms with Gasteiger partial charge in [-0.2, -0.15) is 0 Å². The van der Waals surface area contributed by atoms with Gasteiger partial charge >= 0.3 is 0 Å². The molecule has 1 N–H and O–H groups in total. The third-order valence-electron chi connectivity index (χ3n) is 4.53. The van der Waals surface area contributed by atoms with Gasteiger partial charge in [0.1, 0.15) is 0 Å². The Morgan fingerprint density at radius 2 is 1.96 bits per heavy atom. The van der Waals surface area contributed by atoms with Gasteiger partial charge in [0.25, 0.3) is 0 Å². The van der Waals surface area contributed by atoms with Gasteiger partial charge in [0.05, 0.1) is 6.42 Å². The molecule has 1 heterocycles. The molecule has 126 valence electrons. The van der Waals surface area contributed by atoms with Crippen molar-refractivity contribution in [3.05, 3.63) is 65.5 Å². The van der Waals surface area contributed by atoms with Crippen molar-refractivity contribution < 1.29 is 9.21 Å². The molecule has 1 aromatic heterocycles. The molecular weight excluding hydrogens is 314 g/mol. The minimum atomic E-state index is -0.0292. The first-order chi connectivity index (χ1) is 12.3. The Labute approximate surface area is 146 Å². The molecule has 0 bridgehead atoms. The van der Waals surface area contributed by atoms with Crippen LogP contribution in [0.2, 0.25) is 0 Å². The number of aromatic nitrogens is 2. The van der Waals surface area contributed by atoms with E-state index in [9.17, 15) is 4.79 Å². The number of hydrogen-bond donors (Lipinski definition) is 1. The molecule has 2 aromatic carbocycles. The highest BCUT2D eigenvalue weighted by atomic mass is 16.4. The smallest absolute Gasteiger partial charge is 0.247 e. The SMILES string of the molecule is O=C(Cc1ccc2c(c1)CCCC2)Nc1cccc(-c2nnco2)c1. The van der Waals surface area contributed by atoms with Gasteiger partial charge in [-0.3, -0.25) is 4.79 Å². The van der Waals surface area contributed by atoms with Crippen molar-refractivity contribution in [1.29, 1.82) is 0 Å². The predicted octanol–water partition coefficient (Wildman–Crippen LogP) is 3.80. The number of benzene rings is 2. The van der Waals surface area contributed by atoms with Crippen LogP contribution in [0.15, 0.2) is 53.3 Å². The van der Waals surface area contributed by atoms with Crippen LogP contribution >= 0.6 is 0 Å². The number of aryl methyl sites for hydroxylation is 2. The Morgan fingerprint density at radius 1 is 1.08 bits per heavy atom. The van der Waals surface area contributed by atoms with Gasteiger partial charge in [-0.15, -0.1) is 10.2 Å². The summed E-state index contributed by atoms with van der Waals surface area (Å²) in [5, 5.41) is 10.5. The number of carbonyl (C=O) groups is 1. The van der Waals surface area contributed by atoms with Gasteiger partial charge in [-0.05, 0) is 60.6 Å². The monoisotopic (exact) mass is 333 g/mol. The quantitative estimate of drug-likeness (QED) is 0.788. The fourth-order valence-electron chi connectivity index (χ4n) is 3.32. The van der Waals surface area contributed by atoms with Crippen molar-refractivity contribution in [1.82, 2.24) is 10.2 Å². The van der Waals surface area contributed by atoms with E-state index in [1.807, 2.05) is 24.3 Å². The zero-order chi connectivity index (χ0) is 17.1. The molecule has 25 heavy (non-hydrogen) atoms. The fourth-order valence-corrected chi connectivity index (χ4v) is 3.32. The number of hydrogen-bond acceptors (Lipinski definition) is 4. The summed E-state index contributed by atoms with van der Waals surface area (Å²) in [6.45, 7) is 0. The third-order valence-corrected chi connectivity index (χ3v) is 4.53. The minimum absolute atomic E-state index is 0.0292. The lowest BCUT2D eigenvalue weighted by atomic mass is 9.90. The van der Waals surface area contributed by atoms with Crippen molar-refractivity contribution in [3.8, 4) is 11.5 Å². The number of rotatable bonds is 4. The Hall–Kier alpha value is -2.95. The van der Waals surface area contributed by atoms with E-state index in [0.717, 1.165) is 29.7 Å². The summed E-state index contributed by atoms with van der Waals surface area (Å²) in [5.41, 5.74) is 5.39. The summed E-state index contributed by atoms with van der Waals surface area (Å²) in [4.78, 5) is 12.4. The summed E-state index contributed by atoms with van der Waals surface area (Å²) in [7, 11) is 0. The lowest BCUT2D eigenvalue weighted by Gasteiger charge is -2.16. The Bertz CT molecular complexity index is 888. The van der Waals surface area contributed by atoms with E-state index in [-0.39, 0.29) is 5.91 Å². The van der Waals surface area contributed by atoms with Crippen LogP contribution in [0.1, 0.15) is 29.5 Å². The minimum Gasteiger partial charge on any atom is -0.423 e. The second-order valence-corrected chi connectivity index (χ2v) is 6.36. The standard InChI is InChI=1S/C20H19N3O2/c24-19(11-14-8-9-15-4-1-2-5-16(15)10-14)22-18-7-3-6-17(12-18)20-23-21-13-25-20/h3,6-10,12-13H,1-2,4-5,11H2,(H,22,24). The number of carbonyl (C=O) groups excluding carboxylic acids is 1. The molecule has 0 saturated carbocycles. The molecule has 0 aliphatic heterocycles. The van der Waals surface area contributed by atoms with Gasteiger partial charge in [-0.25, -0.2) is 0 Å². The van der Waals surface area contributed by atoms with Crippen LogP contribution < -0.4 is 5.32 Å². The third kappa shape index (κ3) is 3.60. The van der Waals surface area contributed by atoms with Crippen molar-refractivity contribution in [2.45, 2.75) is 32.1 Å². The van der Waals surface area contributed by atoms with Gasteiger partial charge in [-0.1, -0.05) is 24.3 Å². The molecule has 1 amide bonds. The summed E-state index contributed by atoms with van der Waals surface area (Å²) in [6, 6.07) is 13.8. The molecular formula is C20H19N3O2. The van der Waals surface area contributed by atoms with Crippen LogP contribution in [0.25, 0.3) is 11.5 Å². The van der Waals surface area contributed by atoms with Crippen LogP contribution in [-0.2, 0) is 24.1 Å². The molecule has 0 saturated heterocycles. The average Bonchev–Trinajstić information content (AvgIpc) is 3.16. The van der Waals surface area contributed by atoms with Crippen LogP contribution in [0.5, 0.6) is 0 Å². The Morgan fingerprint density at radius 3 is 2.80 bits per heavy atom.